The number of carbonyl (C=O) groups is 2. The zero-order valence-electron chi connectivity index (χ0n) is 18.0. The highest BCUT2D eigenvalue weighted by atomic mass is 32.2. The second-order valence-electron chi connectivity index (χ2n) is 8.85. The zero-order chi connectivity index (χ0) is 21.3. The van der Waals surface area contributed by atoms with Crippen LogP contribution in [0, 0.1) is 11.8 Å². The summed E-state index contributed by atoms with van der Waals surface area (Å²) in [6.07, 6.45) is 15.3. The van der Waals surface area contributed by atoms with E-state index in [9.17, 15) is 9.59 Å². The number of hydrogen-bond donors (Lipinski definition) is 2. The zero-order valence-corrected chi connectivity index (χ0v) is 19.6. The molecule has 2 saturated carbocycles. The number of aliphatic carboxylic acids is 1. The van der Waals surface area contributed by atoms with Gasteiger partial charge in [0.15, 0.2) is 5.13 Å². The molecule has 1 aromatic heterocycles. The number of urea groups is 1. The summed E-state index contributed by atoms with van der Waals surface area (Å²) in [4.78, 5) is 30.2. The van der Waals surface area contributed by atoms with Gasteiger partial charge >= 0.3 is 12.0 Å². The van der Waals surface area contributed by atoms with Crippen LogP contribution in [-0.4, -0.2) is 45.3 Å². The van der Waals surface area contributed by atoms with Crippen molar-refractivity contribution in [1.29, 1.82) is 0 Å². The van der Waals surface area contributed by atoms with Crippen molar-refractivity contribution in [1.82, 2.24) is 9.88 Å². The largest absolute Gasteiger partial charge is 0.481 e. The fourth-order valence-corrected chi connectivity index (χ4v) is 6.29. The molecular weight excluding hydrogens is 418 g/mol. The quantitative estimate of drug-likeness (QED) is 0.442. The second-order valence-corrected chi connectivity index (χ2v) is 11.2. The number of carbonyl (C=O) groups excluding carboxylic acids is 1. The molecule has 2 N–H and O–H groups in total. The molecule has 8 heteroatoms. The number of nitrogens with one attached hydrogen (secondary N) is 1. The Morgan fingerprint density at radius 2 is 1.93 bits per heavy atom. The van der Waals surface area contributed by atoms with E-state index in [4.69, 9.17) is 5.11 Å². The Morgan fingerprint density at radius 3 is 2.63 bits per heavy atom. The highest BCUT2D eigenvalue weighted by molar-refractivity contribution is 8.01. The highest BCUT2D eigenvalue weighted by Crippen LogP contribution is 2.31. The summed E-state index contributed by atoms with van der Waals surface area (Å²) in [6.45, 7) is 3.11. The SMILES string of the molecule is CC1CCC(N(CCCC2CCCCC2)C(=O)Nc2ncc(SCC(=O)O)s2)CC1. The van der Waals surface area contributed by atoms with Crippen LogP contribution < -0.4 is 5.32 Å². The summed E-state index contributed by atoms with van der Waals surface area (Å²) in [6, 6.07) is 0.260. The molecule has 30 heavy (non-hydrogen) atoms. The van der Waals surface area contributed by atoms with Crippen LogP contribution in [0.2, 0.25) is 0 Å². The molecule has 2 amide bonds. The van der Waals surface area contributed by atoms with E-state index in [0.717, 1.165) is 41.9 Å². The lowest BCUT2D eigenvalue weighted by Gasteiger charge is -2.36. The number of hydrogen-bond acceptors (Lipinski definition) is 5. The molecule has 6 nitrogen and oxygen atoms in total. The van der Waals surface area contributed by atoms with E-state index >= 15 is 0 Å². The minimum atomic E-state index is -0.852. The van der Waals surface area contributed by atoms with Gasteiger partial charge in [0.25, 0.3) is 0 Å². The maximum Gasteiger partial charge on any atom is 0.323 e. The van der Waals surface area contributed by atoms with Crippen molar-refractivity contribution in [3.05, 3.63) is 6.20 Å². The maximum absolute atomic E-state index is 13.1. The van der Waals surface area contributed by atoms with Gasteiger partial charge in [0, 0.05) is 12.6 Å². The van der Waals surface area contributed by atoms with Crippen LogP contribution in [0.5, 0.6) is 0 Å². The first-order valence-corrected chi connectivity index (χ1v) is 13.2. The van der Waals surface area contributed by atoms with E-state index in [-0.39, 0.29) is 11.8 Å². The van der Waals surface area contributed by atoms with E-state index in [0.29, 0.717) is 11.2 Å². The van der Waals surface area contributed by atoms with E-state index in [1.54, 1.807) is 6.20 Å². The first-order chi connectivity index (χ1) is 14.5. The molecule has 2 fully saturated rings. The third-order valence-electron chi connectivity index (χ3n) is 6.46. The van der Waals surface area contributed by atoms with Crippen LogP contribution >= 0.6 is 23.1 Å². The van der Waals surface area contributed by atoms with Gasteiger partial charge < -0.3 is 10.0 Å². The Morgan fingerprint density at radius 1 is 1.20 bits per heavy atom. The number of thioether (sulfide) groups is 1. The summed E-state index contributed by atoms with van der Waals surface area (Å²) < 4.78 is 0.808. The van der Waals surface area contributed by atoms with Gasteiger partial charge in [-0.05, 0) is 50.4 Å². The lowest BCUT2D eigenvalue weighted by Crippen LogP contribution is -2.45. The molecule has 0 spiro atoms. The molecule has 168 valence electrons. The maximum atomic E-state index is 13.1. The number of thiazole rings is 1. The summed E-state index contributed by atoms with van der Waals surface area (Å²) in [5, 5.41) is 12.4. The fraction of sp³-hybridized carbons (Fsp3) is 0.773. The summed E-state index contributed by atoms with van der Waals surface area (Å²) in [5.74, 6) is 0.738. The van der Waals surface area contributed by atoms with Gasteiger partial charge in [0.1, 0.15) is 0 Å². The minimum Gasteiger partial charge on any atom is -0.481 e. The van der Waals surface area contributed by atoms with Gasteiger partial charge in [0.2, 0.25) is 0 Å². The molecule has 1 aromatic rings. The van der Waals surface area contributed by atoms with Crippen LogP contribution in [0.1, 0.15) is 77.6 Å². The van der Waals surface area contributed by atoms with Gasteiger partial charge in [-0.25, -0.2) is 9.78 Å². The van der Waals surface area contributed by atoms with Crippen molar-refractivity contribution in [2.45, 2.75) is 87.8 Å². The number of anilines is 1. The molecule has 0 saturated heterocycles. The normalized spacial score (nSPS) is 22.6. The fourth-order valence-electron chi connectivity index (χ4n) is 4.71. The Labute approximate surface area is 188 Å². The highest BCUT2D eigenvalue weighted by Gasteiger charge is 2.28. The van der Waals surface area contributed by atoms with Gasteiger partial charge in [-0.3, -0.25) is 10.1 Å². The summed E-state index contributed by atoms with van der Waals surface area (Å²) >= 11 is 2.58. The van der Waals surface area contributed by atoms with E-state index in [2.05, 4.69) is 22.1 Å². The van der Waals surface area contributed by atoms with E-state index in [1.807, 2.05) is 0 Å². The average molecular weight is 454 g/mol. The van der Waals surface area contributed by atoms with Gasteiger partial charge in [-0.1, -0.05) is 50.4 Å². The van der Waals surface area contributed by atoms with Crippen LogP contribution in [0.4, 0.5) is 9.93 Å². The van der Waals surface area contributed by atoms with Gasteiger partial charge in [0.05, 0.1) is 16.2 Å². The van der Waals surface area contributed by atoms with Crippen molar-refractivity contribution in [2.75, 3.05) is 17.6 Å². The third kappa shape index (κ3) is 7.45. The topological polar surface area (TPSA) is 82.5 Å². The van der Waals surface area contributed by atoms with E-state index in [1.165, 1.54) is 74.5 Å². The van der Waals surface area contributed by atoms with E-state index < -0.39 is 5.97 Å². The van der Waals surface area contributed by atoms with Crippen LogP contribution in [-0.2, 0) is 4.79 Å². The Hall–Kier alpha value is -1.28. The number of aromatic nitrogens is 1. The number of carboxylic acids is 1. The average Bonchev–Trinajstić information content (AvgIpc) is 3.18. The van der Waals surface area contributed by atoms with Crippen molar-refractivity contribution in [2.24, 2.45) is 11.8 Å². The van der Waals surface area contributed by atoms with Crippen molar-refractivity contribution in [3.8, 4) is 0 Å². The summed E-state index contributed by atoms with van der Waals surface area (Å²) in [5.41, 5.74) is 0. The van der Waals surface area contributed by atoms with Crippen LogP contribution in [0.25, 0.3) is 0 Å². The molecule has 0 radical (unpaired) electrons. The molecular formula is C22H35N3O3S2. The number of carboxylic acid groups (broad SMARTS) is 1. The molecule has 0 atom stereocenters. The van der Waals surface area contributed by atoms with Crippen molar-refractivity contribution >= 4 is 40.2 Å². The molecule has 0 aliphatic heterocycles. The first kappa shape index (κ1) is 23.4. The first-order valence-electron chi connectivity index (χ1n) is 11.4. The van der Waals surface area contributed by atoms with Crippen molar-refractivity contribution < 1.29 is 14.7 Å². The number of rotatable bonds is 9. The smallest absolute Gasteiger partial charge is 0.323 e. The Balaban J connectivity index is 1.55. The molecule has 0 unspecified atom stereocenters. The number of amides is 2. The minimum absolute atomic E-state index is 0.00311. The predicted molar refractivity (Wildman–Crippen MR) is 123 cm³/mol. The molecule has 0 bridgehead atoms. The molecule has 3 rings (SSSR count). The predicted octanol–water partition coefficient (Wildman–Crippen LogP) is 6.09. The Bertz CT molecular complexity index is 683. The van der Waals surface area contributed by atoms with Crippen LogP contribution in [0.15, 0.2) is 10.4 Å². The lowest BCUT2D eigenvalue weighted by atomic mass is 9.85. The monoisotopic (exact) mass is 453 g/mol. The number of nitrogens with zero attached hydrogens (tertiary/aromatic N) is 2. The van der Waals surface area contributed by atoms with Gasteiger partial charge in [-0.2, -0.15) is 0 Å². The third-order valence-corrected chi connectivity index (χ3v) is 8.55. The molecule has 1 heterocycles. The standard InChI is InChI=1S/C22H35N3O3S2/c1-16-9-11-18(12-10-16)25(13-5-8-17-6-3-2-4-7-17)22(28)24-21-23-14-20(30-21)29-15-19(26)27/h14,16-18H,2-13,15H2,1H3,(H,26,27)(H,23,24,28). The Kier molecular flexibility index (Phi) is 9.30. The second kappa shape index (κ2) is 11.9. The molecule has 2 aliphatic carbocycles. The van der Waals surface area contributed by atoms with Crippen LogP contribution in [0.3, 0.4) is 0 Å². The molecule has 0 aromatic carbocycles. The molecule has 2 aliphatic rings. The lowest BCUT2D eigenvalue weighted by molar-refractivity contribution is -0.133. The van der Waals surface area contributed by atoms with Crippen molar-refractivity contribution in [3.63, 3.8) is 0 Å². The summed E-state index contributed by atoms with van der Waals surface area (Å²) in [7, 11) is 0. The van der Waals surface area contributed by atoms with Gasteiger partial charge in [-0.15, -0.1) is 11.8 Å².